The van der Waals surface area contributed by atoms with Crippen LogP contribution in [0, 0.1) is 13.8 Å². The summed E-state index contributed by atoms with van der Waals surface area (Å²) in [5.41, 5.74) is 2.26. The van der Waals surface area contributed by atoms with E-state index in [1.54, 1.807) is 6.20 Å². The summed E-state index contributed by atoms with van der Waals surface area (Å²) in [7, 11) is 0. The molecule has 0 aliphatic rings. The SMILES string of the molecule is Cc1cc(C)n(CCCNc2ncc(Cl)cc2Br)n1. The van der Waals surface area contributed by atoms with Gasteiger partial charge in [-0.3, -0.25) is 4.68 Å². The summed E-state index contributed by atoms with van der Waals surface area (Å²) >= 11 is 9.28. The summed E-state index contributed by atoms with van der Waals surface area (Å²) in [5, 5.41) is 8.33. The zero-order valence-corrected chi connectivity index (χ0v) is 13.3. The molecule has 0 aromatic carbocycles. The van der Waals surface area contributed by atoms with Crippen molar-refractivity contribution in [2.24, 2.45) is 0 Å². The average molecular weight is 344 g/mol. The molecule has 1 N–H and O–H groups in total. The first-order chi connectivity index (χ1) is 9.06. The number of hydrogen-bond donors (Lipinski definition) is 1. The van der Waals surface area contributed by atoms with E-state index in [9.17, 15) is 0 Å². The molecule has 19 heavy (non-hydrogen) atoms. The zero-order valence-electron chi connectivity index (χ0n) is 11.0. The third kappa shape index (κ3) is 3.94. The zero-order chi connectivity index (χ0) is 13.8. The second-order valence-electron chi connectivity index (χ2n) is 4.41. The Morgan fingerprint density at radius 1 is 1.37 bits per heavy atom. The van der Waals surface area contributed by atoms with Crippen LogP contribution in [0.2, 0.25) is 5.02 Å². The van der Waals surface area contributed by atoms with Crippen molar-refractivity contribution in [2.45, 2.75) is 26.8 Å². The van der Waals surface area contributed by atoms with E-state index in [4.69, 9.17) is 11.6 Å². The number of pyridine rings is 1. The van der Waals surface area contributed by atoms with Gasteiger partial charge in [0.2, 0.25) is 0 Å². The minimum atomic E-state index is 0.625. The fourth-order valence-electron chi connectivity index (χ4n) is 1.88. The van der Waals surface area contributed by atoms with E-state index in [1.807, 2.05) is 17.7 Å². The summed E-state index contributed by atoms with van der Waals surface area (Å²) in [6.45, 7) is 5.82. The smallest absolute Gasteiger partial charge is 0.140 e. The third-order valence-electron chi connectivity index (χ3n) is 2.75. The van der Waals surface area contributed by atoms with Gasteiger partial charge in [-0.05, 0) is 48.3 Å². The molecule has 2 heterocycles. The molecule has 0 fully saturated rings. The maximum absolute atomic E-state index is 5.85. The van der Waals surface area contributed by atoms with Crippen LogP contribution in [0.4, 0.5) is 5.82 Å². The second kappa shape index (κ2) is 6.39. The van der Waals surface area contributed by atoms with Crippen LogP contribution in [-0.2, 0) is 6.54 Å². The highest BCUT2D eigenvalue weighted by molar-refractivity contribution is 9.10. The number of rotatable bonds is 5. The minimum Gasteiger partial charge on any atom is -0.369 e. The van der Waals surface area contributed by atoms with Gasteiger partial charge in [0.1, 0.15) is 5.82 Å². The van der Waals surface area contributed by atoms with Crippen LogP contribution < -0.4 is 5.32 Å². The van der Waals surface area contributed by atoms with Gasteiger partial charge in [-0.15, -0.1) is 0 Å². The van der Waals surface area contributed by atoms with Gasteiger partial charge in [-0.1, -0.05) is 11.6 Å². The first-order valence-corrected chi connectivity index (χ1v) is 7.29. The maximum atomic E-state index is 5.85. The Bertz CT molecular complexity index is 568. The summed E-state index contributed by atoms with van der Waals surface area (Å²) in [6, 6.07) is 3.92. The lowest BCUT2D eigenvalue weighted by molar-refractivity contribution is 0.573. The quantitative estimate of drug-likeness (QED) is 0.839. The van der Waals surface area contributed by atoms with Gasteiger partial charge < -0.3 is 5.32 Å². The van der Waals surface area contributed by atoms with Gasteiger partial charge in [0.15, 0.2) is 0 Å². The molecular weight excluding hydrogens is 328 g/mol. The molecule has 0 aliphatic carbocycles. The Morgan fingerprint density at radius 2 is 2.16 bits per heavy atom. The molecule has 2 rings (SSSR count). The molecule has 0 unspecified atom stereocenters. The Hall–Kier alpha value is -1.07. The molecule has 0 bridgehead atoms. The highest BCUT2D eigenvalue weighted by Gasteiger charge is 2.03. The molecule has 102 valence electrons. The third-order valence-corrected chi connectivity index (χ3v) is 3.56. The first-order valence-electron chi connectivity index (χ1n) is 6.12. The van der Waals surface area contributed by atoms with E-state index >= 15 is 0 Å². The molecule has 0 amide bonds. The molecule has 2 aromatic heterocycles. The van der Waals surface area contributed by atoms with Crippen LogP contribution in [0.5, 0.6) is 0 Å². The van der Waals surface area contributed by atoms with Crippen LogP contribution >= 0.6 is 27.5 Å². The number of nitrogens with zero attached hydrogens (tertiary/aromatic N) is 3. The summed E-state index contributed by atoms with van der Waals surface area (Å²) in [4.78, 5) is 4.23. The van der Waals surface area contributed by atoms with Crippen molar-refractivity contribution in [3.05, 3.63) is 39.2 Å². The Kier molecular flexibility index (Phi) is 4.82. The molecule has 0 saturated heterocycles. The van der Waals surface area contributed by atoms with Crippen molar-refractivity contribution in [3.63, 3.8) is 0 Å². The molecule has 0 atom stereocenters. The van der Waals surface area contributed by atoms with Crippen molar-refractivity contribution in [2.75, 3.05) is 11.9 Å². The van der Waals surface area contributed by atoms with Crippen molar-refractivity contribution in [3.8, 4) is 0 Å². The highest BCUT2D eigenvalue weighted by atomic mass is 79.9. The van der Waals surface area contributed by atoms with Crippen LogP contribution in [0.1, 0.15) is 17.8 Å². The van der Waals surface area contributed by atoms with Crippen molar-refractivity contribution in [1.82, 2.24) is 14.8 Å². The van der Waals surface area contributed by atoms with Gasteiger partial charge in [-0.2, -0.15) is 5.10 Å². The van der Waals surface area contributed by atoms with E-state index in [2.05, 4.69) is 44.3 Å². The lowest BCUT2D eigenvalue weighted by Crippen LogP contribution is -2.09. The number of anilines is 1. The fraction of sp³-hybridized carbons (Fsp3) is 0.385. The standard InChI is InChI=1S/C13H16BrClN4/c1-9-6-10(2)19(18-9)5-3-4-16-13-12(14)7-11(15)8-17-13/h6-8H,3-5H2,1-2H3,(H,16,17). The van der Waals surface area contributed by atoms with Crippen molar-refractivity contribution < 1.29 is 0 Å². The van der Waals surface area contributed by atoms with E-state index in [0.29, 0.717) is 5.02 Å². The summed E-state index contributed by atoms with van der Waals surface area (Å²) < 4.78 is 2.91. The number of aryl methyl sites for hydroxylation is 3. The van der Waals surface area contributed by atoms with Crippen molar-refractivity contribution in [1.29, 1.82) is 0 Å². The lowest BCUT2D eigenvalue weighted by Gasteiger charge is -2.08. The molecule has 0 radical (unpaired) electrons. The molecule has 0 aliphatic heterocycles. The highest BCUT2D eigenvalue weighted by Crippen LogP contribution is 2.22. The Labute approximate surface area is 126 Å². The van der Waals surface area contributed by atoms with Gasteiger partial charge in [0.05, 0.1) is 15.2 Å². The molecule has 0 saturated carbocycles. The topological polar surface area (TPSA) is 42.7 Å². The van der Waals surface area contributed by atoms with E-state index in [1.165, 1.54) is 5.69 Å². The van der Waals surface area contributed by atoms with Gasteiger partial charge in [0.25, 0.3) is 0 Å². The molecule has 6 heteroatoms. The normalized spacial score (nSPS) is 10.7. The number of hydrogen-bond acceptors (Lipinski definition) is 3. The first kappa shape index (κ1) is 14.3. The largest absolute Gasteiger partial charge is 0.369 e. The molecule has 0 spiro atoms. The Morgan fingerprint density at radius 3 is 2.79 bits per heavy atom. The van der Waals surface area contributed by atoms with E-state index in [0.717, 1.165) is 35.5 Å². The number of nitrogens with one attached hydrogen (secondary N) is 1. The number of halogens is 2. The van der Waals surface area contributed by atoms with Gasteiger partial charge in [0, 0.05) is 25.0 Å². The van der Waals surface area contributed by atoms with E-state index < -0.39 is 0 Å². The number of aromatic nitrogens is 3. The summed E-state index contributed by atoms with van der Waals surface area (Å²) in [6.07, 6.45) is 2.62. The molecule has 4 nitrogen and oxygen atoms in total. The van der Waals surface area contributed by atoms with Crippen LogP contribution in [-0.4, -0.2) is 21.3 Å². The maximum Gasteiger partial charge on any atom is 0.140 e. The van der Waals surface area contributed by atoms with Crippen LogP contribution in [0.25, 0.3) is 0 Å². The monoisotopic (exact) mass is 342 g/mol. The van der Waals surface area contributed by atoms with Crippen molar-refractivity contribution >= 4 is 33.3 Å². The summed E-state index contributed by atoms with van der Waals surface area (Å²) in [5.74, 6) is 0.817. The fourth-order valence-corrected chi connectivity index (χ4v) is 2.66. The predicted octanol–water partition coefficient (Wildman–Crippen LogP) is 3.81. The average Bonchev–Trinajstić information content (AvgIpc) is 2.65. The van der Waals surface area contributed by atoms with Crippen LogP contribution in [0.15, 0.2) is 22.8 Å². The predicted molar refractivity (Wildman–Crippen MR) is 81.8 cm³/mol. The van der Waals surface area contributed by atoms with Gasteiger partial charge in [-0.25, -0.2) is 4.98 Å². The van der Waals surface area contributed by atoms with Gasteiger partial charge >= 0.3 is 0 Å². The molecule has 2 aromatic rings. The lowest BCUT2D eigenvalue weighted by atomic mass is 10.3. The minimum absolute atomic E-state index is 0.625. The van der Waals surface area contributed by atoms with E-state index in [-0.39, 0.29) is 0 Å². The molecular formula is C13H16BrClN4. The second-order valence-corrected chi connectivity index (χ2v) is 5.71. The Balaban J connectivity index is 1.82. The van der Waals surface area contributed by atoms with Crippen LogP contribution in [0.3, 0.4) is 0 Å².